The number of nitrogens with one attached hydrogen (secondary N) is 2. The van der Waals surface area contributed by atoms with Crippen molar-refractivity contribution in [3.63, 3.8) is 0 Å². The van der Waals surface area contributed by atoms with Gasteiger partial charge in [0, 0.05) is 32.4 Å². The Labute approximate surface area is 230 Å². The van der Waals surface area contributed by atoms with Gasteiger partial charge in [-0.1, -0.05) is 19.9 Å². The molecule has 212 valence electrons. The maximum atomic E-state index is 14.0. The summed E-state index contributed by atoms with van der Waals surface area (Å²) in [6, 6.07) is 8.75. The minimum absolute atomic E-state index is 0.0203. The minimum atomic E-state index is -0.667. The second kappa shape index (κ2) is 12.2. The number of hydrogen-bond donors (Lipinski definition) is 2. The average Bonchev–Trinajstić information content (AvgIpc) is 3.35. The molecule has 39 heavy (non-hydrogen) atoms. The van der Waals surface area contributed by atoms with Crippen LogP contribution in [0.3, 0.4) is 0 Å². The SMILES string of the molecule is CNC(=O)OC1(CCN(C)CCCc2nc3c(OC)ccc(OC)c3[nH]2)CCc2cc(F)ccc2C1C(C)C. The van der Waals surface area contributed by atoms with E-state index in [1.807, 2.05) is 18.2 Å². The lowest BCUT2D eigenvalue weighted by atomic mass is 9.65. The first kappa shape index (κ1) is 28.7. The number of fused-ring (bicyclic) bond motifs is 2. The van der Waals surface area contributed by atoms with Crippen LogP contribution in [0.25, 0.3) is 11.0 Å². The molecule has 9 heteroatoms. The lowest BCUT2D eigenvalue weighted by molar-refractivity contribution is -0.0435. The number of ether oxygens (including phenoxy) is 3. The van der Waals surface area contributed by atoms with Gasteiger partial charge in [-0.25, -0.2) is 14.2 Å². The first-order valence-corrected chi connectivity index (χ1v) is 13.7. The van der Waals surface area contributed by atoms with E-state index in [2.05, 4.69) is 36.1 Å². The van der Waals surface area contributed by atoms with Crippen molar-refractivity contribution in [2.45, 2.75) is 57.5 Å². The zero-order chi connectivity index (χ0) is 28.2. The molecule has 1 heterocycles. The molecule has 1 aliphatic rings. The van der Waals surface area contributed by atoms with Gasteiger partial charge in [0.1, 0.15) is 39.8 Å². The van der Waals surface area contributed by atoms with Crippen LogP contribution in [0.15, 0.2) is 30.3 Å². The van der Waals surface area contributed by atoms with E-state index in [0.717, 1.165) is 59.7 Å². The fraction of sp³-hybridized carbons (Fsp3) is 0.533. The number of H-pyrrole nitrogens is 1. The molecule has 1 aliphatic carbocycles. The summed E-state index contributed by atoms with van der Waals surface area (Å²) in [5, 5.41) is 2.63. The number of halogens is 1. The Morgan fingerprint density at radius 1 is 1.21 bits per heavy atom. The highest BCUT2D eigenvalue weighted by atomic mass is 19.1. The molecular weight excluding hydrogens is 499 g/mol. The Bertz CT molecular complexity index is 1250. The van der Waals surface area contributed by atoms with Crippen molar-refractivity contribution in [1.82, 2.24) is 20.2 Å². The lowest BCUT2D eigenvalue weighted by Gasteiger charge is -2.47. The number of amides is 1. The van der Waals surface area contributed by atoms with Gasteiger partial charge in [-0.05, 0) is 74.2 Å². The molecule has 1 aromatic heterocycles. The van der Waals surface area contributed by atoms with Crippen LogP contribution in [0.2, 0.25) is 0 Å². The third-order valence-corrected chi connectivity index (χ3v) is 7.92. The molecule has 0 radical (unpaired) electrons. The maximum Gasteiger partial charge on any atom is 0.407 e. The Hall–Kier alpha value is -3.33. The highest BCUT2D eigenvalue weighted by molar-refractivity contribution is 5.87. The number of aryl methyl sites for hydroxylation is 2. The summed E-state index contributed by atoms with van der Waals surface area (Å²) in [6.45, 7) is 5.91. The summed E-state index contributed by atoms with van der Waals surface area (Å²) < 4.78 is 31.1. The molecule has 2 N–H and O–H groups in total. The predicted octanol–water partition coefficient (Wildman–Crippen LogP) is 5.45. The first-order valence-electron chi connectivity index (χ1n) is 13.7. The van der Waals surface area contributed by atoms with Gasteiger partial charge in [-0.2, -0.15) is 0 Å². The van der Waals surface area contributed by atoms with Crippen LogP contribution in [0.5, 0.6) is 11.5 Å². The fourth-order valence-corrected chi connectivity index (χ4v) is 6.08. The van der Waals surface area contributed by atoms with Gasteiger partial charge in [0.05, 0.1) is 14.2 Å². The molecule has 2 aromatic carbocycles. The van der Waals surface area contributed by atoms with Gasteiger partial charge in [0.2, 0.25) is 0 Å². The van der Waals surface area contributed by atoms with Gasteiger partial charge < -0.3 is 29.4 Å². The van der Waals surface area contributed by atoms with Gasteiger partial charge in [0.15, 0.2) is 0 Å². The molecule has 8 nitrogen and oxygen atoms in total. The Morgan fingerprint density at radius 3 is 2.64 bits per heavy atom. The molecule has 0 saturated carbocycles. The zero-order valence-electron chi connectivity index (χ0n) is 23.9. The third-order valence-electron chi connectivity index (χ3n) is 7.92. The Kier molecular flexibility index (Phi) is 9.00. The van der Waals surface area contributed by atoms with Gasteiger partial charge >= 0.3 is 6.09 Å². The van der Waals surface area contributed by atoms with Crippen molar-refractivity contribution in [2.75, 3.05) is 41.4 Å². The summed E-state index contributed by atoms with van der Waals surface area (Å²) in [7, 11) is 6.96. The molecule has 0 fully saturated rings. The van der Waals surface area contributed by atoms with Crippen LogP contribution < -0.4 is 14.8 Å². The molecular formula is C30H41FN4O4. The van der Waals surface area contributed by atoms with E-state index >= 15 is 0 Å². The van der Waals surface area contributed by atoms with Gasteiger partial charge in [0.25, 0.3) is 0 Å². The highest BCUT2D eigenvalue weighted by Crippen LogP contribution is 2.48. The van der Waals surface area contributed by atoms with E-state index in [1.54, 1.807) is 27.3 Å². The summed E-state index contributed by atoms with van der Waals surface area (Å²) in [6.07, 6.45) is 3.28. The number of benzene rings is 2. The molecule has 0 bridgehead atoms. The average molecular weight is 541 g/mol. The number of carbonyl (C=O) groups excluding carboxylic acids is 1. The monoisotopic (exact) mass is 540 g/mol. The molecule has 1 amide bonds. The molecule has 3 aromatic rings. The van der Waals surface area contributed by atoms with E-state index < -0.39 is 11.7 Å². The topological polar surface area (TPSA) is 88.7 Å². The number of imidazole rings is 1. The summed E-state index contributed by atoms with van der Waals surface area (Å²) in [5.41, 5.74) is 3.03. The Balaban J connectivity index is 1.44. The quantitative estimate of drug-likeness (QED) is 0.336. The van der Waals surface area contributed by atoms with Crippen LogP contribution >= 0.6 is 0 Å². The molecule has 0 spiro atoms. The maximum absolute atomic E-state index is 14.0. The number of methoxy groups -OCH3 is 2. The van der Waals surface area contributed by atoms with E-state index in [-0.39, 0.29) is 17.7 Å². The standard InChI is InChI=1S/C30H41FN4O4/c1-19(2)26-22-10-9-21(31)18-20(22)13-14-30(26,39-29(36)32-3)15-17-35(4)16-7-8-25-33-27-23(37-5)11-12-24(38-6)28(27)34-25/h9-12,18-19,26H,7-8,13-17H2,1-6H3,(H,32,36)(H,33,34). The smallest absolute Gasteiger partial charge is 0.407 e. The normalized spacial score (nSPS) is 18.8. The molecule has 2 unspecified atom stereocenters. The van der Waals surface area contributed by atoms with Crippen LogP contribution in [0.1, 0.15) is 56.0 Å². The number of nitrogens with zero attached hydrogens (tertiary/aromatic N) is 2. The molecule has 2 atom stereocenters. The van der Waals surface area contributed by atoms with Crippen LogP contribution in [-0.4, -0.2) is 68.0 Å². The van der Waals surface area contributed by atoms with E-state index in [9.17, 15) is 9.18 Å². The van der Waals surface area contributed by atoms with Gasteiger partial charge in [-0.3, -0.25) is 0 Å². The van der Waals surface area contributed by atoms with Crippen molar-refractivity contribution in [1.29, 1.82) is 0 Å². The van der Waals surface area contributed by atoms with Crippen molar-refractivity contribution in [2.24, 2.45) is 5.92 Å². The Morgan fingerprint density at radius 2 is 1.95 bits per heavy atom. The minimum Gasteiger partial charge on any atom is -0.494 e. The third kappa shape index (κ3) is 6.13. The van der Waals surface area contributed by atoms with Crippen molar-refractivity contribution in [3.05, 3.63) is 53.1 Å². The fourth-order valence-electron chi connectivity index (χ4n) is 6.08. The number of hydrogen-bond acceptors (Lipinski definition) is 6. The summed E-state index contributed by atoms with van der Waals surface area (Å²) >= 11 is 0. The number of aromatic amines is 1. The summed E-state index contributed by atoms with van der Waals surface area (Å²) in [5.74, 6) is 2.30. The lowest BCUT2D eigenvalue weighted by Crippen LogP contribution is -2.49. The molecule has 4 rings (SSSR count). The second-order valence-corrected chi connectivity index (χ2v) is 10.8. The van der Waals surface area contributed by atoms with Crippen molar-refractivity contribution >= 4 is 17.1 Å². The highest BCUT2D eigenvalue weighted by Gasteiger charge is 2.47. The zero-order valence-corrected chi connectivity index (χ0v) is 23.9. The largest absolute Gasteiger partial charge is 0.494 e. The number of alkyl carbamates (subject to hydrolysis) is 1. The first-order chi connectivity index (χ1) is 18.7. The van der Waals surface area contributed by atoms with Crippen LogP contribution in [-0.2, 0) is 17.6 Å². The van der Waals surface area contributed by atoms with E-state index in [0.29, 0.717) is 25.0 Å². The van der Waals surface area contributed by atoms with E-state index in [1.165, 1.54) is 6.07 Å². The van der Waals surface area contributed by atoms with Crippen LogP contribution in [0, 0.1) is 11.7 Å². The van der Waals surface area contributed by atoms with Crippen LogP contribution in [0.4, 0.5) is 9.18 Å². The molecule has 0 aliphatic heterocycles. The second-order valence-electron chi connectivity index (χ2n) is 10.8. The summed E-state index contributed by atoms with van der Waals surface area (Å²) in [4.78, 5) is 22.9. The van der Waals surface area contributed by atoms with Crippen molar-refractivity contribution < 1.29 is 23.4 Å². The number of rotatable bonds is 11. The predicted molar refractivity (Wildman–Crippen MR) is 150 cm³/mol. The number of carbonyl (C=O) groups is 1. The van der Waals surface area contributed by atoms with Gasteiger partial charge in [-0.15, -0.1) is 0 Å². The van der Waals surface area contributed by atoms with E-state index in [4.69, 9.17) is 19.2 Å². The number of aromatic nitrogens is 2. The molecule has 0 saturated heterocycles. The van der Waals surface area contributed by atoms with Crippen molar-refractivity contribution in [3.8, 4) is 11.5 Å².